The van der Waals surface area contributed by atoms with E-state index >= 15 is 0 Å². The molecule has 13 nitrogen and oxygen atoms in total. The van der Waals surface area contributed by atoms with Crippen LogP contribution in [0.15, 0.2) is 61.4 Å². The Morgan fingerprint density at radius 1 is 1.11 bits per heavy atom. The maximum atomic E-state index is 12.9. The third-order valence-corrected chi connectivity index (χ3v) is 8.23. The van der Waals surface area contributed by atoms with Gasteiger partial charge >= 0.3 is 6.03 Å². The van der Waals surface area contributed by atoms with Crippen LogP contribution in [0.3, 0.4) is 0 Å². The molecular formula is C31H34N10O3. The Hall–Kier alpha value is -5.33. The molecule has 3 heterocycles. The number of nitrogens with one attached hydrogen (secondary N) is 1. The lowest BCUT2D eigenvalue weighted by atomic mass is 9.90. The molecule has 6 rings (SSSR count). The van der Waals surface area contributed by atoms with Crippen LogP contribution in [-0.2, 0) is 6.54 Å². The fourth-order valence-electron chi connectivity index (χ4n) is 5.85. The van der Waals surface area contributed by atoms with Gasteiger partial charge in [0, 0.05) is 25.2 Å². The van der Waals surface area contributed by atoms with Crippen molar-refractivity contribution in [3.8, 4) is 17.0 Å². The van der Waals surface area contributed by atoms with Crippen molar-refractivity contribution in [2.45, 2.75) is 51.2 Å². The van der Waals surface area contributed by atoms with E-state index in [4.69, 9.17) is 15.6 Å². The summed E-state index contributed by atoms with van der Waals surface area (Å²) in [5, 5.41) is 12.7. The number of amides is 2. The number of aryl methyl sites for hydroxylation is 1. The molecule has 13 heteroatoms. The first-order valence-corrected chi connectivity index (χ1v) is 14.5. The Morgan fingerprint density at radius 3 is 2.68 bits per heavy atom. The number of nitrogen functional groups attached to an aromatic ring is 1. The molecule has 2 amide bonds. The third-order valence-electron chi connectivity index (χ3n) is 8.23. The minimum absolute atomic E-state index is 0.00148. The lowest BCUT2D eigenvalue weighted by Gasteiger charge is -2.35. The van der Waals surface area contributed by atoms with E-state index in [1.54, 1.807) is 25.1 Å². The van der Waals surface area contributed by atoms with Gasteiger partial charge in [0.15, 0.2) is 5.65 Å². The van der Waals surface area contributed by atoms with Crippen LogP contribution >= 0.6 is 0 Å². The molecule has 0 bridgehead atoms. The first kappa shape index (κ1) is 28.8. The number of nitrogens with zero attached hydrogens (tertiary/aromatic N) is 8. The zero-order chi connectivity index (χ0) is 30.8. The van der Waals surface area contributed by atoms with Gasteiger partial charge in [-0.1, -0.05) is 35.9 Å². The number of benzene rings is 2. The number of hydrogen-bond acceptors (Lipinski definition) is 9. The fourth-order valence-corrected chi connectivity index (χ4v) is 5.85. The van der Waals surface area contributed by atoms with E-state index in [2.05, 4.69) is 25.4 Å². The van der Waals surface area contributed by atoms with Crippen LogP contribution in [0.5, 0.6) is 5.75 Å². The average molecular weight is 595 g/mol. The number of nitrogens with two attached hydrogens (primary N) is 1. The summed E-state index contributed by atoms with van der Waals surface area (Å²) < 4.78 is 8.54. The van der Waals surface area contributed by atoms with Crippen molar-refractivity contribution in [2.75, 3.05) is 19.9 Å². The van der Waals surface area contributed by atoms with Gasteiger partial charge < -0.3 is 20.7 Å². The van der Waals surface area contributed by atoms with Crippen LogP contribution in [0.1, 0.15) is 53.2 Å². The molecule has 0 saturated heterocycles. The second kappa shape index (κ2) is 12.1. The highest BCUT2D eigenvalue weighted by atomic mass is 16.5. The molecule has 0 aliphatic heterocycles. The van der Waals surface area contributed by atoms with Gasteiger partial charge in [-0.15, -0.1) is 0 Å². The zero-order valence-corrected chi connectivity index (χ0v) is 24.8. The molecule has 2 unspecified atom stereocenters. The molecule has 1 aliphatic rings. The predicted octanol–water partition coefficient (Wildman–Crippen LogP) is 4.00. The number of hydrogen-bond donors (Lipinski definition) is 2. The molecule has 0 spiro atoms. The van der Waals surface area contributed by atoms with Gasteiger partial charge in [0.1, 0.15) is 36.2 Å². The molecule has 0 radical (unpaired) electrons. The predicted molar refractivity (Wildman–Crippen MR) is 164 cm³/mol. The summed E-state index contributed by atoms with van der Waals surface area (Å²) in [6.45, 7) is 2.28. The Kier molecular flexibility index (Phi) is 7.92. The SMILES string of the molecule is COc1ccc(C)cc1C(=O)NCc1ccc(-c2nn(C3CCCC(N(C)C(=O)n4cncn4)C3)c3ncnc(N)c23)cc1. The van der Waals surface area contributed by atoms with Crippen molar-refractivity contribution in [3.63, 3.8) is 0 Å². The van der Waals surface area contributed by atoms with E-state index in [-0.39, 0.29) is 24.0 Å². The number of anilines is 1. The third kappa shape index (κ3) is 5.55. The molecule has 1 aliphatic carbocycles. The van der Waals surface area contributed by atoms with E-state index < -0.39 is 0 Å². The maximum absolute atomic E-state index is 12.9. The lowest BCUT2D eigenvalue weighted by molar-refractivity contribution is 0.0947. The second-order valence-corrected chi connectivity index (χ2v) is 11.0. The summed E-state index contributed by atoms with van der Waals surface area (Å²) >= 11 is 0. The van der Waals surface area contributed by atoms with Gasteiger partial charge in [0.05, 0.1) is 24.1 Å². The molecule has 2 aromatic carbocycles. The smallest absolute Gasteiger partial charge is 0.346 e. The normalized spacial score (nSPS) is 16.5. The van der Waals surface area contributed by atoms with Crippen LogP contribution in [0.2, 0.25) is 0 Å². The summed E-state index contributed by atoms with van der Waals surface area (Å²) in [6.07, 6.45) is 7.62. The average Bonchev–Trinajstić information content (AvgIpc) is 3.73. The summed E-state index contributed by atoms with van der Waals surface area (Å²) in [6, 6.07) is 13.1. The van der Waals surface area contributed by atoms with Crippen LogP contribution in [-0.4, -0.2) is 71.6 Å². The Labute approximate surface area is 254 Å². The van der Waals surface area contributed by atoms with E-state index in [1.807, 2.05) is 48.0 Å². The molecule has 226 valence electrons. The van der Waals surface area contributed by atoms with E-state index in [0.717, 1.165) is 36.0 Å². The zero-order valence-electron chi connectivity index (χ0n) is 24.8. The number of rotatable bonds is 7. The second-order valence-electron chi connectivity index (χ2n) is 11.0. The number of carbonyl (C=O) groups excluding carboxylic acids is 2. The molecule has 2 atom stereocenters. The lowest BCUT2D eigenvalue weighted by Crippen LogP contribution is -2.42. The maximum Gasteiger partial charge on any atom is 0.346 e. The minimum Gasteiger partial charge on any atom is -0.496 e. The molecule has 3 aromatic heterocycles. The van der Waals surface area contributed by atoms with Gasteiger partial charge in [-0.05, 0) is 50.3 Å². The molecule has 5 aromatic rings. The van der Waals surface area contributed by atoms with Gasteiger partial charge in [-0.2, -0.15) is 14.9 Å². The van der Waals surface area contributed by atoms with Crippen LogP contribution in [0.4, 0.5) is 10.6 Å². The van der Waals surface area contributed by atoms with Gasteiger partial charge in [0.2, 0.25) is 0 Å². The highest BCUT2D eigenvalue weighted by molar-refractivity contribution is 5.98. The van der Waals surface area contributed by atoms with Crippen LogP contribution in [0, 0.1) is 6.92 Å². The first-order valence-electron chi connectivity index (χ1n) is 14.5. The van der Waals surface area contributed by atoms with E-state index in [9.17, 15) is 9.59 Å². The van der Waals surface area contributed by atoms with Crippen LogP contribution < -0.4 is 15.8 Å². The van der Waals surface area contributed by atoms with E-state index in [1.165, 1.54) is 23.7 Å². The number of ether oxygens (including phenoxy) is 1. The van der Waals surface area contributed by atoms with Crippen molar-refractivity contribution < 1.29 is 14.3 Å². The standard InChI is InChI=1S/C31H34N10O3/c1-19-7-12-25(44-3)24(13-19)30(42)34-15-20-8-10-21(11-9-20)27-26-28(32)35-17-36-29(26)41(38-27)23-6-4-5-22(14-23)39(2)31(43)40-18-33-16-37-40/h7-13,16-18,22-23H,4-6,14-15H2,1-3H3,(H,34,42)(H2,32,35,36). The summed E-state index contributed by atoms with van der Waals surface area (Å²) in [5.41, 5.74) is 11.0. The monoisotopic (exact) mass is 594 g/mol. The quantitative estimate of drug-likeness (QED) is 0.284. The minimum atomic E-state index is -0.222. The fraction of sp³-hybridized carbons (Fsp3) is 0.323. The number of fused-ring (bicyclic) bond motifs is 1. The van der Waals surface area contributed by atoms with Crippen molar-refractivity contribution in [1.29, 1.82) is 0 Å². The molecule has 44 heavy (non-hydrogen) atoms. The summed E-state index contributed by atoms with van der Waals surface area (Å²) in [4.78, 5) is 40.2. The van der Waals surface area contributed by atoms with Crippen molar-refractivity contribution in [1.82, 2.24) is 44.7 Å². The van der Waals surface area contributed by atoms with Crippen molar-refractivity contribution >= 4 is 28.8 Å². The van der Waals surface area contributed by atoms with Gasteiger partial charge in [-0.25, -0.2) is 24.4 Å². The largest absolute Gasteiger partial charge is 0.496 e. The van der Waals surface area contributed by atoms with Crippen LogP contribution in [0.25, 0.3) is 22.3 Å². The highest BCUT2D eigenvalue weighted by Gasteiger charge is 2.31. The highest BCUT2D eigenvalue weighted by Crippen LogP contribution is 2.37. The summed E-state index contributed by atoms with van der Waals surface area (Å²) in [5.74, 6) is 0.678. The van der Waals surface area contributed by atoms with E-state index in [0.29, 0.717) is 46.8 Å². The van der Waals surface area contributed by atoms with Gasteiger partial charge in [-0.3, -0.25) is 4.79 Å². The van der Waals surface area contributed by atoms with Gasteiger partial charge in [0.25, 0.3) is 5.91 Å². The van der Waals surface area contributed by atoms with Crippen molar-refractivity contribution in [3.05, 3.63) is 78.1 Å². The Bertz CT molecular complexity index is 1800. The topological polar surface area (TPSA) is 159 Å². The first-order chi connectivity index (χ1) is 21.3. The molecule has 3 N–H and O–H groups in total. The molecular weight excluding hydrogens is 560 g/mol. The number of carbonyl (C=O) groups is 2. The summed E-state index contributed by atoms with van der Waals surface area (Å²) in [7, 11) is 3.35. The number of aromatic nitrogens is 7. The number of methoxy groups -OCH3 is 1. The molecule has 1 fully saturated rings. The Balaban J connectivity index is 1.22. The molecule has 1 saturated carbocycles. The Morgan fingerprint density at radius 2 is 1.93 bits per heavy atom. The van der Waals surface area contributed by atoms with Crippen molar-refractivity contribution in [2.24, 2.45) is 0 Å².